The number of hydrogen-bond acceptors (Lipinski definition) is 7. The van der Waals surface area contributed by atoms with Gasteiger partial charge in [0, 0.05) is 44.6 Å². The molecule has 1 saturated heterocycles. The topological polar surface area (TPSA) is 76.6 Å². The SMILES string of the molecule is CN1CCN(c2ccc(Nc3ncc4c(n3)N(C)c3ccccc3C(=O)N4)cc2C(F)(F)F)CC1. The fourth-order valence-electron chi connectivity index (χ4n) is 4.33. The molecule has 0 radical (unpaired) electrons. The lowest BCUT2D eigenvalue weighted by Crippen LogP contribution is -2.45. The minimum Gasteiger partial charge on any atom is -0.368 e. The van der Waals surface area contributed by atoms with Crippen LogP contribution in [-0.2, 0) is 6.18 Å². The van der Waals surface area contributed by atoms with Gasteiger partial charge >= 0.3 is 6.18 Å². The van der Waals surface area contributed by atoms with Crippen LogP contribution in [0.25, 0.3) is 0 Å². The van der Waals surface area contributed by atoms with Gasteiger partial charge in [0.2, 0.25) is 5.95 Å². The van der Waals surface area contributed by atoms with Gasteiger partial charge in [0.15, 0.2) is 5.82 Å². The first-order valence-electron chi connectivity index (χ1n) is 11.1. The number of piperazine rings is 1. The Morgan fingerprint density at radius 1 is 1.00 bits per heavy atom. The molecule has 3 heterocycles. The van der Waals surface area contributed by atoms with Crippen LogP contribution in [0.5, 0.6) is 0 Å². The minimum atomic E-state index is -4.51. The van der Waals surface area contributed by atoms with E-state index in [1.165, 1.54) is 12.3 Å². The van der Waals surface area contributed by atoms with Crippen LogP contribution < -0.4 is 20.4 Å². The number of amides is 1. The normalized spacial score (nSPS) is 16.3. The number of nitrogens with zero attached hydrogens (tertiary/aromatic N) is 5. The number of alkyl halides is 3. The highest BCUT2D eigenvalue weighted by molar-refractivity contribution is 6.11. The maximum absolute atomic E-state index is 14.0. The number of carbonyl (C=O) groups is 1. The van der Waals surface area contributed by atoms with Crippen LogP contribution in [0.4, 0.5) is 47.7 Å². The lowest BCUT2D eigenvalue weighted by Gasteiger charge is -2.35. The highest BCUT2D eigenvalue weighted by atomic mass is 19.4. The molecule has 0 unspecified atom stereocenters. The fraction of sp³-hybridized carbons (Fsp3) is 0.292. The molecule has 2 aromatic carbocycles. The van der Waals surface area contributed by atoms with Crippen molar-refractivity contribution in [1.82, 2.24) is 14.9 Å². The third kappa shape index (κ3) is 4.46. The van der Waals surface area contributed by atoms with Crippen LogP contribution >= 0.6 is 0 Å². The van der Waals surface area contributed by atoms with Gasteiger partial charge in [-0.15, -0.1) is 0 Å². The summed E-state index contributed by atoms with van der Waals surface area (Å²) in [6, 6.07) is 11.3. The second-order valence-corrected chi connectivity index (χ2v) is 8.61. The maximum Gasteiger partial charge on any atom is 0.418 e. The van der Waals surface area contributed by atoms with Gasteiger partial charge in [0.05, 0.1) is 23.0 Å². The number of anilines is 6. The molecule has 0 bridgehead atoms. The summed E-state index contributed by atoms with van der Waals surface area (Å²) in [7, 11) is 3.72. The van der Waals surface area contributed by atoms with Crippen molar-refractivity contribution >= 4 is 40.4 Å². The molecule has 8 nitrogen and oxygen atoms in total. The van der Waals surface area contributed by atoms with E-state index in [9.17, 15) is 18.0 Å². The second kappa shape index (κ2) is 8.73. The first-order chi connectivity index (χ1) is 16.7. The maximum atomic E-state index is 14.0. The van der Waals surface area contributed by atoms with Crippen molar-refractivity contribution in [3.63, 3.8) is 0 Å². The third-order valence-corrected chi connectivity index (χ3v) is 6.25. The molecule has 11 heteroatoms. The Morgan fingerprint density at radius 3 is 2.49 bits per heavy atom. The van der Waals surface area contributed by atoms with E-state index in [0.717, 1.165) is 6.07 Å². The molecule has 3 aromatic rings. The lowest BCUT2D eigenvalue weighted by atomic mass is 10.1. The van der Waals surface area contributed by atoms with Crippen LogP contribution in [0.15, 0.2) is 48.7 Å². The molecule has 5 rings (SSSR count). The Kier molecular flexibility index (Phi) is 5.72. The van der Waals surface area contributed by atoms with Gasteiger partial charge in [-0.1, -0.05) is 12.1 Å². The largest absolute Gasteiger partial charge is 0.418 e. The molecule has 0 atom stereocenters. The summed E-state index contributed by atoms with van der Waals surface area (Å²) in [5.74, 6) is 0.250. The van der Waals surface area contributed by atoms with Crippen molar-refractivity contribution in [1.29, 1.82) is 0 Å². The molecule has 0 saturated carbocycles. The standard InChI is InChI=1S/C24H24F3N7O/c1-32-9-11-34(12-10-32)20-8-7-15(13-17(20)24(25,26)27)29-23-28-14-18-21(31-23)33(2)19-6-4-3-5-16(19)22(35)30-18/h3-8,13-14H,9-12H2,1-2H3,(H,30,35)(H,28,29,31). The number of para-hydroxylation sites is 1. The van der Waals surface area contributed by atoms with Crippen molar-refractivity contribution in [3.8, 4) is 0 Å². The number of aromatic nitrogens is 2. The predicted octanol–water partition coefficient (Wildman–Crippen LogP) is 4.32. The van der Waals surface area contributed by atoms with Crippen LogP contribution in [-0.4, -0.2) is 61.0 Å². The monoisotopic (exact) mass is 483 g/mol. The smallest absolute Gasteiger partial charge is 0.368 e. The highest BCUT2D eigenvalue weighted by Crippen LogP contribution is 2.40. The van der Waals surface area contributed by atoms with Crippen molar-refractivity contribution in [2.45, 2.75) is 6.18 Å². The average molecular weight is 483 g/mol. The fourth-order valence-corrected chi connectivity index (χ4v) is 4.33. The molecule has 1 aromatic heterocycles. The summed E-state index contributed by atoms with van der Waals surface area (Å²) in [4.78, 5) is 26.9. The van der Waals surface area contributed by atoms with E-state index in [-0.39, 0.29) is 23.2 Å². The quantitative estimate of drug-likeness (QED) is 0.575. The van der Waals surface area contributed by atoms with Gasteiger partial charge in [-0.2, -0.15) is 18.2 Å². The minimum absolute atomic E-state index is 0.115. The Hall–Kier alpha value is -3.86. The van der Waals surface area contributed by atoms with Crippen molar-refractivity contribution in [2.75, 3.05) is 60.7 Å². The lowest BCUT2D eigenvalue weighted by molar-refractivity contribution is -0.137. The van der Waals surface area contributed by atoms with E-state index in [1.807, 2.05) is 13.1 Å². The van der Waals surface area contributed by atoms with Crippen molar-refractivity contribution in [2.24, 2.45) is 0 Å². The summed E-state index contributed by atoms with van der Waals surface area (Å²) in [6.07, 6.45) is -3.08. The van der Waals surface area contributed by atoms with Gasteiger partial charge < -0.3 is 25.3 Å². The van der Waals surface area contributed by atoms with E-state index < -0.39 is 11.7 Å². The number of carbonyl (C=O) groups excluding carboxylic acids is 1. The van der Waals surface area contributed by atoms with Crippen LogP contribution in [0.3, 0.4) is 0 Å². The number of benzene rings is 2. The zero-order valence-electron chi connectivity index (χ0n) is 19.2. The molecule has 1 fully saturated rings. The number of hydrogen-bond donors (Lipinski definition) is 2. The molecule has 1 amide bonds. The summed E-state index contributed by atoms with van der Waals surface area (Å²) in [5, 5.41) is 5.68. The van der Waals surface area contributed by atoms with Gasteiger partial charge in [0.25, 0.3) is 5.91 Å². The van der Waals surface area contributed by atoms with Crippen molar-refractivity contribution < 1.29 is 18.0 Å². The Bertz CT molecular complexity index is 1270. The Balaban J connectivity index is 1.46. The Morgan fingerprint density at radius 2 is 1.74 bits per heavy atom. The van der Waals surface area contributed by atoms with E-state index >= 15 is 0 Å². The molecular weight excluding hydrogens is 459 g/mol. The van der Waals surface area contributed by atoms with E-state index in [0.29, 0.717) is 48.9 Å². The summed E-state index contributed by atoms with van der Waals surface area (Å²) in [6.45, 7) is 2.46. The average Bonchev–Trinajstić information content (AvgIpc) is 2.94. The van der Waals surface area contributed by atoms with Gasteiger partial charge in [-0.05, 0) is 37.4 Å². The van der Waals surface area contributed by atoms with Gasteiger partial charge in [-0.3, -0.25) is 4.79 Å². The second-order valence-electron chi connectivity index (χ2n) is 8.61. The number of fused-ring (bicyclic) bond motifs is 2. The van der Waals surface area contributed by atoms with E-state index in [1.54, 1.807) is 41.1 Å². The van der Waals surface area contributed by atoms with Gasteiger partial charge in [-0.25, -0.2) is 4.98 Å². The molecule has 0 aliphatic carbocycles. The van der Waals surface area contributed by atoms with E-state index in [2.05, 4.69) is 25.5 Å². The molecule has 2 aliphatic rings. The first kappa shape index (κ1) is 22.9. The molecule has 2 N–H and O–H groups in total. The highest BCUT2D eigenvalue weighted by Gasteiger charge is 2.36. The predicted molar refractivity (Wildman–Crippen MR) is 129 cm³/mol. The molecule has 0 spiro atoms. The number of likely N-dealkylation sites (N-methyl/N-ethyl adjacent to an activating group) is 1. The zero-order chi connectivity index (χ0) is 24.7. The number of nitrogens with one attached hydrogen (secondary N) is 2. The van der Waals surface area contributed by atoms with Crippen molar-refractivity contribution in [3.05, 3.63) is 59.8 Å². The first-order valence-corrected chi connectivity index (χ1v) is 11.1. The third-order valence-electron chi connectivity index (χ3n) is 6.25. The number of halogens is 3. The van der Waals surface area contributed by atoms with E-state index in [4.69, 9.17) is 0 Å². The number of rotatable bonds is 3. The summed E-state index contributed by atoms with van der Waals surface area (Å²) in [5.41, 5.74) is 1.22. The van der Waals surface area contributed by atoms with Crippen LogP contribution in [0.2, 0.25) is 0 Å². The molecule has 182 valence electrons. The van der Waals surface area contributed by atoms with Crippen LogP contribution in [0, 0.1) is 0 Å². The van der Waals surface area contributed by atoms with Gasteiger partial charge in [0.1, 0.15) is 5.69 Å². The summed E-state index contributed by atoms with van der Waals surface area (Å²) < 4.78 is 41.9. The molecule has 2 aliphatic heterocycles. The molecular formula is C24H24F3N7O. The van der Waals surface area contributed by atoms with Crippen LogP contribution in [0.1, 0.15) is 15.9 Å². The Labute approximate surface area is 200 Å². The molecule has 35 heavy (non-hydrogen) atoms. The summed E-state index contributed by atoms with van der Waals surface area (Å²) >= 11 is 0. The zero-order valence-corrected chi connectivity index (χ0v) is 19.2.